The highest BCUT2D eigenvalue weighted by atomic mass is 19.1. The maximum atomic E-state index is 12.9. The van der Waals surface area contributed by atoms with E-state index in [0.29, 0.717) is 11.3 Å². The van der Waals surface area contributed by atoms with Crippen molar-refractivity contribution < 1.29 is 14.3 Å². The Morgan fingerprint density at radius 3 is 2.87 bits per heavy atom. The maximum absolute atomic E-state index is 12.9. The summed E-state index contributed by atoms with van der Waals surface area (Å²) in [5.41, 5.74) is 5.97. The Bertz CT molecular complexity index is 368. The molecule has 4 nitrogen and oxygen atoms in total. The molecule has 0 aliphatic heterocycles. The van der Waals surface area contributed by atoms with Crippen LogP contribution < -0.4 is 11.1 Å². The van der Waals surface area contributed by atoms with Crippen molar-refractivity contribution in [1.29, 1.82) is 0 Å². The average molecular weight is 212 g/mol. The van der Waals surface area contributed by atoms with Crippen LogP contribution in [0.25, 0.3) is 0 Å². The predicted molar refractivity (Wildman–Crippen MR) is 54.8 cm³/mol. The zero-order chi connectivity index (χ0) is 11.4. The molecule has 4 N–H and O–H groups in total. The van der Waals surface area contributed by atoms with Crippen LogP contribution in [-0.4, -0.2) is 23.7 Å². The van der Waals surface area contributed by atoms with Crippen molar-refractivity contribution in [2.75, 3.05) is 11.9 Å². The smallest absolute Gasteiger partial charge is 0.254 e. The summed E-state index contributed by atoms with van der Waals surface area (Å²) in [6.45, 7) is 1.44. The summed E-state index contributed by atoms with van der Waals surface area (Å²) < 4.78 is 12.9. The fourth-order valence-electron chi connectivity index (χ4n) is 1.06. The minimum Gasteiger partial charge on any atom is -0.382 e. The molecule has 0 bridgehead atoms. The average Bonchev–Trinajstić information content (AvgIpc) is 2.22. The van der Waals surface area contributed by atoms with E-state index in [9.17, 15) is 9.18 Å². The van der Waals surface area contributed by atoms with Crippen LogP contribution in [0, 0.1) is 12.7 Å². The van der Waals surface area contributed by atoms with Crippen molar-refractivity contribution >= 4 is 11.6 Å². The van der Waals surface area contributed by atoms with Gasteiger partial charge in [0.25, 0.3) is 5.91 Å². The van der Waals surface area contributed by atoms with Crippen molar-refractivity contribution in [2.24, 2.45) is 5.73 Å². The summed E-state index contributed by atoms with van der Waals surface area (Å²) in [4.78, 5) is 11.2. The number of aliphatic hydroxyl groups is 1. The lowest BCUT2D eigenvalue weighted by Crippen LogP contribution is -2.34. The van der Waals surface area contributed by atoms with Crippen molar-refractivity contribution in [3.63, 3.8) is 0 Å². The second-order valence-corrected chi connectivity index (χ2v) is 3.20. The molecule has 1 rings (SSSR count). The number of anilines is 1. The number of hydrogen-bond donors (Lipinski definition) is 3. The van der Waals surface area contributed by atoms with Crippen LogP contribution in [0.4, 0.5) is 10.1 Å². The van der Waals surface area contributed by atoms with Crippen LogP contribution in [0.3, 0.4) is 0 Å². The van der Waals surface area contributed by atoms with Gasteiger partial charge >= 0.3 is 0 Å². The van der Waals surface area contributed by atoms with Crippen molar-refractivity contribution in [3.05, 3.63) is 29.6 Å². The monoisotopic (exact) mass is 212 g/mol. The van der Waals surface area contributed by atoms with Crippen LogP contribution in [0.2, 0.25) is 0 Å². The number of nitrogens with one attached hydrogen (secondary N) is 1. The first-order valence-corrected chi connectivity index (χ1v) is 4.49. The van der Waals surface area contributed by atoms with Gasteiger partial charge in [-0.15, -0.1) is 0 Å². The lowest BCUT2D eigenvalue weighted by molar-refractivity contribution is -0.123. The van der Waals surface area contributed by atoms with E-state index in [1.54, 1.807) is 6.92 Å². The fraction of sp³-hybridized carbons (Fsp3) is 0.300. The van der Waals surface area contributed by atoms with Crippen molar-refractivity contribution in [2.45, 2.75) is 13.0 Å². The van der Waals surface area contributed by atoms with E-state index in [1.807, 2.05) is 0 Å². The van der Waals surface area contributed by atoms with Gasteiger partial charge in [0.15, 0.2) is 0 Å². The number of aryl methyl sites for hydroxylation is 1. The third-order valence-electron chi connectivity index (χ3n) is 1.95. The van der Waals surface area contributed by atoms with Gasteiger partial charge in [0, 0.05) is 12.2 Å². The molecule has 0 radical (unpaired) electrons. The van der Waals surface area contributed by atoms with Crippen LogP contribution >= 0.6 is 0 Å². The summed E-state index contributed by atoms with van der Waals surface area (Å²) in [5.74, 6) is -0.934. The minimum absolute atomic E-state index is 0.147. The Morgan fingerprint density at radius 1 is 1.67 bits per heavy atom. The van der Waals surface area contributed by atoms with E-state index in [-0.39, 0.29) is 12.4 Å². The highest BCUT2D eigenvalue weighted by Gasteiger charge is 2.12. The highest BCUT2D eigenvalue weighted by Crippen LogP contribution is 2.13. The van der Waals surface area contributed by atoms with E-state index < -0.39 is 12.0 Å². The van der Waals surface area contributed by atoms with Gasteiger partial charge in [0.1, 0.15) is 11.9 Å². The third-order valence-corrected chi connectivity index (χ3v) is 1.95. The Morgan fingerprint density at radius 2 is 2.33 bits per heavy atom. The molecule has 15 heavy (non-hydrogen) atoms. The van der Waals surface area contributed by atoms with Gasteiger partial charge in [-0.3, -0.25) is 4.79 Å². The first-order chi connectivity index (χ1) is 7.04. The molecule has 0 fully saturated rings. The summed E-state index contributed by atoms with van der Waals surface area (Å²) in [6.07, 6.45) is -1.24. The molecular formula is C10H13FN2O2. The summed E-state index contributed by atoms with van der Waals surface area (Å²) >= 11 is 0. The molecule has 82 valence electrons. The largest absolute Gasteiger partial charge is 0.382 e. The molecule has 5 heteroatoms. The molecule has 0 heterocycles. The number of carbonyl (C=O) groups excluding carboxylic acids is 1. The zero-order valence-electron chi connectivity index (χ0n) is 8.33. The van der Waals surface area contributed by atoms with Crippen LogP contribution in [0.15, 0.2) is 18.2 Å². The van der Waals surface area contributed by atoms with Gasteiger partial charge in [-0.05, 0) is 30.7 Å². The number of amides is 1. The summed E-state index contributed by atoms with van der Waals surface area (Å²) in [5, 5.41) is 11.5. The molecule has 1 unspecified atom stereocenters. The highest BCUT2D eigenvalue weighted by molar-refractivity contribution is 5.94. The predicted octanol–water partition coefficient (Wildman–Crippen LogP) is 0.392. The van der Waals surface area contributed by atoms with Crippen molar-refractivity contribution in [1.82, 2.24) is 0 Å². The molecule has 0 saturated heterocycles. The quantitative estimate of drug-likeness (QED) is 0.678. The standard InChI is InChI=1S/C10H13FN2O2/c1-6-4-7(2-3-8(6)11)13-10(15)9(14)5-12/h2-4,9,14H,5,12H2,1H3,(H,13,15). The lowest BCUT2D eigenvalue weighted by Gasteiger charge is -2.09. The van der Waals surface area contributed by atoms with Crippen LogP contribution in [-0.2, 0) is 4.79 Å². The lowest BCUT2D eigenvalue weighted by atomic mass is 10.2. The molecule has 1 amide bonds. The van der Waals surface area contributed by atoms with Gasteiger partial charge in [0.05, 0.1) is 0 Å². The van der Waals surface area contributed by atoms with E-state index in [4.69, 9.17) is 10.8 Å². The maximum Gasteiger partial charge on any atom is 0.254 e. The molecule has 1 aromatic carbocycles. The molecule has 1 atom stereocenters. The third kappa shape index (κ3) is 3.00. The topological polar surface area (TPSA) is 75.3 Å². The molecule has 0 aliphatic rings. The number of aliphatic hydroxyl groups excluding tert-OH is 1. The Hall–Kier alpha value is -1.46. The first-order valence-electron chi connectivity index (χ1n) is 4.49. The Balaban J connectivity index is 2.73. The Labute approximate surface area is 86.9 Å². The van der Waals surface area contributed by atoms with Gasteiger partial charge in [-0.25, -0.2) is 4.39 Å². The SMILES string of the molecule is Cc1cc(NC(=O)C(O)CN)ccc1F. The molecule has 0 aromatic heterocycles. The normalized spacial score (nSPS) is 12.3. The Kier molecular flexibility index (Phi) is 3.76. The molecule has 0 spiro atoms. The second-order valence-electron chi connectivity index (χ2n) is 3.20. The number of nitrogens with two attached hydrogens (primary N) is 1. The van der Waals surface area contributed by atoms with Crippen LogP contribution in [0.5, 0.6) is 0 Å². The van der Waals surface area contributed by atoms with E-state index >= 15 is 0 Å². The summed E-state index contributed by atoms with van der Waals surface area (Å²) in [6, 6.07) is 4.15. The number of benzene rings is 1. The first kappa shape index (κ1) is 11.6. The number of rotatable bonds is 3. The number of halogens is 1. The van der Waals surface area contributed by atoms with Gasteiger partial charge in [-0.2, -0.15) is 0 Å². The fourth-order valence-corrected chi connectivity index (χ4v) is 1.06. The number of hydrogen-bond acceptors (Lipinski definition) is 3. The minimum atomic E-state index is -1.24. The van der Waals surface area contributed by atoms with Crippen molar-refractivity contribution in [3.8, 4) is 0 Å². The molecular weight excluding hydrogens is 199 g/mol. The molecule has 0 saturated carbocycles. The van der Waals surface area contributed by atoms with E-state index in [0.717, 1.165) is 0 Å². The molecule has 0 aliphatic carbocycles. The second kappa shape index (κ2) is 4.86. The zero-order valence-corrected chi connectivity index (χ0v) is 8.33. The van der Waals surface area contributed by atoms with Crippen LogP contribution in [0.1, 0.15) is 5.56 Å². The van der Waals surface area contributed by atoms with Gasteiger partial charge < -0.3 is 16.2 Å². The molecule has 1 aromatic rings. The number of carbonyl (C=O) groups is 1. The summed E-state index contributed by atoms with van der Waals surface area (Å²) in [7, 11) is 0. The van der Waals surface area contributed by atoms with E-state index in [1.165, 1.54) is 18.2 Å². The van der Waals surface area contributed by atoms with Gasteiger partial charge in [0.2, 0.25) is 0 Å². The van der Waals surface area contributed by atoms with E-state index in [2.05, 4.69) is 5.32 Å². The van der Waals surface area contributed by atoms with Gasteiger partial charge in [-0.1, -0.05) is 0 Å².